The fourth-order valence-electron chi connectivity index (χ4n) is 2.17. The van der Waals surface area contributed by atoms with E-state index in [1.807, 2.05) is 0 Å². The molecular weight excluding hydrogens is 435 g/mol. The van der Waals surface area contributed by atoms with Crippen LogP contribution in [0.25, 0.3) is 0 Å². The molecule has 156 valence electrons. The van der Waals surface area contributed by atoms with Crippen LogP contribution in [0.1, 0.15) is 22.8 Å². The number of rotatable bonds is 5. The Morgan fingerprint density at radius 1 is 1.14 bits per heavy atom. The van der Waals surface area contributed by atoms with Gasteiger partial charge in [0.25, 0.3) is 5.91 Å². The Morgan fingerprint density at radius 3 is 2.38 bits per heavy atom. The maximum Gasteiger partial charge on any atom is 0.416 e. The minimum atomic E-state index is -4.63. The van der Waals surface area contributed by atoms with E-state index in [4.69, 9.17) is 16.3 Å². The maximum absolute atomic E-state index is 12.8. The molecule has 6 nitrogen and oxygen atoms in total. The minimum Gasteiger partial charge on any atom is -0.449 e. The van der Waals surface area contributed by atoms with Crippen LogP contribution in [0, 0.1) is 0 Å². The lowest BCUT2D eigenvalue weighted by atomic mass is 10.2. The summed E-state index contributed by atoms with van der Waals surface area (Å²) in [5, 5.41) is 2.04. The third-order valence-corrected chi connectivity index (χ3v) is 5.14. The maximum atomic E-state index is 12.8. The van der Waals surface area contributed by atoms with Crippen molar-refractivity contribution >= 4 is 39.0 Å². The van der Waals surface area contributed by atoms with Crippen molar-refractivity contribution in [1.82, 2.24) is 0 Å². The minimum absolute atomic E-state index is 0.107. The van der Waals surface area contributed by atoms with Crippen molar-refractivity contribution in [3.8, 4) is 0 Å². The predicted octanol–water partition coefficient (Wildman–Crippen LogP) is 3.95. The standard InChI is InChI=1S/C18H15ClF3NO5S/c1-10(28-17(25)11-4-3-5-13(8-11)29(2,26)27)16(24)23-15-9-12(18(20,21)22)6-7-14(15)19/h3-10H,1-2H3,(H,23,24)/t10-/m1/s1. The van der Waals surface area contributed by atoms with E-state index in [0.717, 1.165) is 24.5 Å². The van der Waals surface area contributed by atoms with Crippen LogP contribution >= 0.6 is 11.6 Å². The van der Waals surface area contributed by atoms with Gasteiger partial charge in [-0.15, -0.1) is 0 Å². The van der Waals surface area contributed by atoms with E-state index in [0.29, 0.717) is 6.07 Å². The number of alkyl halides is 3. The Balaban J connectivity index is 2.13. The monoisotopic (exact) mass is 449 g/mol. The number of esters is 1. The molecular formula is C18H15ClF3NO5S. The molecule has 0 aliphatic heterocycles. The fourth-order valence-corrected chi connectivity index (χ4v) is 3.00. The molecule has 0 aromatic heterocycles. The number of ether oxygens (including phenoxy) is 1. The van der Waals surface area contributed by atoms with Gasteiger partial charge in [-0.1, -0.05) is 17.7 Å². The molecule has 2 aromatic rings. The number of amides is 1. The van der Waals surface area contributed by atoms with Crippen LogP contribution in [0.5, 0.6) is 0 Å². The molecule has 0 radical (unpaired) electrons. The number of nitrogens with one attached hydrogen (secondary N) is 1. The van der Waals surface area contributed by atoms with Crippen molar-refractivity contribution in [2.75, 3.05) is 11.6 Å². The number of carbonyl (C=O) groups is 2. The van der Waals surface area contributed by atoms with Gasteiger partial charge in [0.2, 0.25) is 0 Å². The van der Waals surface area contributed by atoms with Crippen LogP contribution in [0.15, 0.2) is 47.4 Å². The Labute approximate surface area is 169 Å². The first-order chi connectivity index (χ1) is 13.3. The van der Waals surface area contributed by atoms with Crippen LogP contribution in [0.4, 0.5) is 18.9 Å². The SMILES string of the molecule is C[C@@H](OC(=O)c1cccc(S(C)(=O)=O)c1)C(=O)Nc1cc(C(F)(F)F)ccc1Cl. The third-order valence-electron chi connectivity index (χ3n) is 3.70. The zero-order chi connectivity index (χ0) is 22.0. The van der Waals surface area contributed by atoms with E-state index in [2.05, 4.69) is 5.32 Å². The number of halogens is 4. The van der Waals surface area contributed by atoms with Gasteiger partial charge >= 0.3 is 12.1 Å². The molecule has 29 heavy (non-hydrogen) atoms. The lowest BCUT2D eigenvalue weighted by Crippen LogP contribution is -2.30. The van der Waals surface area contributed by atoms with Gasteiger partial charge < -0.3 is 10.1 Å². The van der Waals surface area contributed by atoms with Gasteiger partial charge in [-0.3, -0.25) is 4.79 Å². The molecule has 0 aliphatic carbocycles. The Bertz CT molecular complexity index is 1050. The molecule has 2 rings (SSSR count). The highest BCUT2D eigenvalue weighted by Gasteiger charge is 2.31. The molecule has 0 heterocycles. The number of hydrogen-bond donors (Lipinski definition) is 1. The topological polar surface area (TPSA) is 89.5 Å². The molecule has 0 fully saturated rings. The summed E-state index contributed by atoms with van der Waals surface area (Å²) in [6, 6.07) is 7.41. The van der Waals surface area contributed by atoms with Crippen LogP contribution in [-0.4, -0.2) is 32.7 Å². The summed E-state index contributed by atoms with van der Waals surface area (Å²) in [5.41, 5.74) is -1.42. The molecule has 0 spiro atoms. The highest BCUT2D eigenvalue weighted by molar-refractivity contribution is 7.90. The third kappa shape index (κ3) is 5.94. The molecule has 1 atom stereocenters. The van der Waals surface area contributed by atoms with Crippen LogP contribution in [0.3, 0.4) is 0 Å². The van der Waals surface area contributed by atoms with E-state index >= 15 is 0 Å². The Hall–Kier alpha value is -2.59. The van der Waals surface area contributed by atoms with E-state index in [1.165, 1.54) is 25.1 Å². The smallest absolute Gasteiger partial charge is 0.416 e. The molecule has 0 saturated carbocycles. The molecule has 0 unspecified atom stereocenters. The van der Waals surface area contributed by atoms with E-state index in [9.17, 15) is 31.2 Å². The van der Waals surface area contributed by atoms with Gasteiger partial charge in [0.05, 0.1) is 26.7 Å². The molecule has 1 amide bonds. The van der Waals surface area contributed by atoms with Gasteiger partial charge in [-0.2, -0.15) is 13.2 Å². The predicted molar refractivity (Wildman–Crippen MR) is 99.5 cm³/mol. The number of benzene rings is 2. The van der Waals surface area contributed by atoms with Crippen molar-refractivity contribution in [2.45, 2.75) is 24.1 Å². The largest absolute Gasteiger partial charge is 0.449 e. The fraction of sp³-hybridized carbons (Fsp3) is 0.222. The van der Waals surface area contributed by atoms with Crippen molar-refractivity contribution in [3.63, 3.8) is 0 Å². The van der Waals surface area contributed by atoms with E-state index < -0.39 is 39.6 Å². The molecule has 1 N–H and O–H groups in total. The summed E-state index contributed by atoms with van der Waals surface area (Å²) in [4.78, 5) is 24.3. The molecule has 2 aromatic carbocycles. The van der Waals surface area contributed by atoms with Crippen molar-refractivity contribution < 1.29 is 35.9 Å². The summed E-state index contributed by atoms with van der Waals surface area (Å²) < 4.78 is 66.5. The lowest BCUT2D eigenvalue weighted by molar-refractivity contribution is -0.137. The first kappa shape index (κ1) is 22.7. The number of hydrogen-bond acceptors (Lipinski definition) is 5. The summed E-state index contributed by atoms with van der Waals surface area (Å²) in [7, 11) is -3.56. The van der Waals surface area contributed by atoms with Crippen LogP contribution < -0.4 is 5.32 Å². The second-order valence-electron chi connectivity index (χ2n) is 6.03. The number of anilines is 1. The van der Waals surface area contributed by atoms with Crippen molar-refractivity contribution in [1.29, 1.82) is 0 Å². The van der Waals surface area contributed by atoms with Gasteiger partial charge in [-0.05, 0) is 43.3 Å². The normalized spacial score (nSPS) is 12.9. The highest BCUT2D eigenvalue weighted by atomic mass is 35.5. The quantitative estimate of drug-likeness (QED) is 0.698. The highest BCUT2D eigenvalue weighted by Crippen LogP contribution is 2.33. The molecule has 0 aliphatic rings. The van der Waals surface area contributed by atoms with E-state index in [1.54, 1.807) is 0 Å². The number of carbonyl (C=O) groups excluding carboxylic acids is 2. The number of sulfone groups is 1. The Morgan fingerprint density at radius 2 is 1.79 bits per heavy atom. The average Bonchev–Trinajstić information content (AvgIpc) is 2.61. The van der Waals surface area contributed by atoms with Crippen LogP contribution in [-0.2, 0) is 25.5 Å². The first-order valence-corrected chi connectivity index (χ1v) is 10.2. The second-order valence-corrected chi connectivity index (χ2v) is 8.45. The summed E-state index contributed by atoms with van der Waals surface area (Å²) in [6.07, 6.45) is -5.06. The van der Waals surface area contributed by atoms with Gasteiger partial charge in [0.15, 0.2) is 15.9 Å². The molecule has 0 bridgehead atoms. The summed E-state index contributed by atoms with van der Waals surface area (Å²) in [5.74, 6) is -1.90. The first-order valence-electron chi connectivity index (χ1n) is 7.98. The summed E-state index contributed by atoms with van der Waals surface area (Å²) in [6.45, 7) is 1.20. The zero-order valence-electron chi connectivity index (χ0n) is 15.1. The Kier molecular flexibility index (Phi) is 6.59. The molecule has 0 saturated heterocycles. The van der Waals surface area contributed by atoms with Crippen molar-refractivity contribution in [3.05, 3.63) is 58.6 Å². The average molecular weight is 450 g/mol. The zero-order valence-corrected chi connectivity index (χ0v) is 16.7. The van der Waals surface area contributed by atoms with E-state index in [-0.39, 0.29) is 21.2 Å². The molecule has 11 heteroatoms. The lowest BCUT2D eigenvalue weighted by Gasteiger charge is -2.16. The van der Waals surface area contributed by atoms with Crippen molar-refractivity contribution in [2.24, 2.45) is 0 Å². The van der Waals surface area contributed by atoms with Crippen LogP contribution in [0.2, 0.25) is 5.02 Å². The summed E-state index contributed by atoms with van der Waals surface area (Å²) >= 11 is 5.81. The van der Waals surface area contributed by atoms with Gasteiger partial charge in [0.1, 0.15) is 0 Å². The van der Waals surface area contributed by atoms with Gasteiger partial charge in [-0.25, -0.2) is 13.2 Å². The van der Waals surface area contributed by atoms with Gasteiger partial charge in [0, 0.05) is 6.26 Å². The second kappa shape index (κ2) is 8.42.